The molecule has 3 nitrogen and oxygen atoms in total. The molecule has 5 heteroatoms. The highest BCUT2D eigenvalue weighted by atomic mass is 35.5. The molecule has 0 atom stereocenters. The van der Waals surface area contributed by atoms with E-state index in [0.717, 1.165) is 15.7 Å². The number of thioether (sulfide) groups is 1. The Morgan fingerprint density at radius 3 is 2.06 bits per heavy atom. The Hall–Kier alpha value is 0.0700. The van der Waals surface area contributed by atoms with Gasteiger partial charge < -0.3 is 22.2 Å². The van der Waals surface area contributed by atoms with Crippen molar-refractivity contribution in [3.05, 3.63) is 0 Å². The summed E-state index contributed by atoms with van der Waals surface area (Å²) >= 11 is 1.70. The Balaban J connectivity index is 0.00000256. The summed E-state index contributed by atoms with van der Waals surface area (Å²) in [6.45, 7) is 0. The van der Waals surface area contributed by atoms with Crippen LogP contribution in [0.3, 0.4) is 0 Å². The Bertz CT molecular complexity index is 243. The number of quaternary nitrogens is 1. The van der Waals surface area contributed by atoms with Crippen molar-refractivity contribution in [2.75, 3.05) is 34.4 Å². The van der Waals surface area contributed by atoms with Gasteiger partial charge in [-0.1, -0.05) is 11.8 Å². The number of rotatable bonds is 2. The third-order valence-electron chi connectivity index (χ3n) is 3.52. The fourth-order valence-electron chi connectivity index (χ4n) is 2.38. The molecular weight excluding hydrogens is 254 g/mol. The number of nitrogens with zero attached hydrogens (tertiary/aromatic N) is 2. The standard InChI is InChI=1S/C12H26N3S.ClH/c1-13-12(16-5)14-10-6-8-11(9-7-10)15(2,3)4;/h10-11H,6-9H2,1-5H3,(H,13,14);1H/q+1;/p-1. The van der Waals surface area contributed by atoms with E-state index in [2.05, 4.69) is 37.7 Å². The van der Waals surface area contributed by atoms with Gasteiger partial charge in [-0.3, -0.25) is 4.99 Å². The highest BCUT2D eigenvalue weighted by Gasteiger charge is 2.29. The van der Waals surface area contributed by atoms with Gasteiger partial charge in [0.05, 0.1) is 27.2 Å². The fraction of sp³-hybridized carbons (Fsp3) is 0.917. The summed E-state index contributed by atoms with van der Waals surface area (Å²) < 4.78 is 1.10. The van der Waals surface area contributed by atoms with Crippen molar-refractivity contribution in [1.82, 2.24) is 5.32 Å². The summed E-state index contributed by atoms with van der Waals surface area (Å²) in [5, 5.41) is 4.61. The molecule has 1 aliphatic carbocycles. The molecule has 0 aliphatic heterocycles. The highest BCUT2D eigenvalue weighted by molar-refractivity contribution is 8.13. The Labute approximate surface area is 116 Å². The van der Waals surface area contributed by atoms with Crippen LogP contribution in [0.4, 0.5) is 0 Å². The lowest BCUT2D eigenvalue weighted by molar-refractivity contribution is -0.897. The van der Waals surface area contributed by atoms with Crippen molar-refractivity contribution in [3.63, 3.8) is 0 Å². The lowest BCUT2D eigenvalue weighted by Crippen LogP contribution is -3.00. The van der Waals surface area contributed by atoms with E-state index in [1.165, 1.54) is 25.7 Å². The SMILES string of the molecule is CN=C(NC1CCC([N+](C)(C)C)CC1)SC.[Cl-]. The van der Waals surface area contributed by atoms with Gasteiger partial charge in [-0.05, 0) is 19.1 Å². The fourth-order valence-corrected chi connectivity index (χ4v) is 2.85. The topological polar surface area (TPSA) is 24.4 Å². The molecule has 0 spiro atoms. The summed E-state index contributed by atoms with van der Waals surface area (Å²) in [5.41, 5.74) is 0. The minimum atomic E-state index is 0. The van der Waals surface area contributed by atoms with Crippen LogP contribution in [0.2, 0.25) is 0 Å². The molecule has 0 saturated heterocycles. The van der Waals surface area contributed by atoms with E-state index in [0.29, 0.717) is 6.04 Å². The molecule has 102 valence electrons. The quantitative estimate of drug-likeness (QED) is 0.396. The van der Waals surface area contributed by atoms with E-state index < -0.39 is 0 Å². The van der Waals surface area contributed by atoms with Crippen LogP contribution in [0.5, 0.6) is 0 Å². The number of aliphatic imine (C=N–C) groups is 1. The lowest BCUT2D eigenvalue weighted by atomic mass is 9.90. The van der Waals surface area contributed by atoms with Crippen molar-refractivity contribution >= 4 is 16.9 Å². The summed E-state index contributed by atoms with van der Waals surface area (Å²) in [5.74, 6) is 0. The molecular formula is C12H26ClN3S. The van der Waals surface area contributed by atoms with Crippen LogP contribution in [0.25, 0.3) is 0 Å². The van der Waals surface area contributed by atoms with E-state index in [-0.39, 0.29) is 12.4 Å². The monoisotopic (exact) mass is 279 g/mol. The van der Waals surface area contributed by atoms with Gasteiger partial charge in [0.2, 0.25) is 0 Å². The first-order chi connectivity index (χ1) is 7.47. The smallest absolute Gasteiger partial charge is 0.156 e. The second kappa shape index (κ2) is 7.49. The number of amidine groups is 1. The van der Waals surface area contributed by atoms with Crippen molar-refractivity contribution in [2.45, 2.75) is 37.8 Å². The average molecular weight is 280 g/mol. The van der Waals surface area contributed by atoms with Gasteiger partial charge >= 0.3 is 0 Å². The Kier molecular flexibility index (Phi) is 7.52. The van der Waals surface area contributed by atoms with Gasteiger partial charge in [-0.2, -0.15) is 0 Å². The van der Waals surface area contributed by atoms with Gasteiger partial charge in [0.15, 0.2) is 5.17 Å². The van der Waals surface area contributed by atoms with Crippen LogP contribution in [0, 0.1) is 0 Å². The lowest BCUT2D eigenvalue weighted by Gasteiger charge is -2.39. The van der Waals surface area contributed by atoms with Crippen molar-refractivity contribution < 1.29 is 16.9 Å². The largest absolute Gasteiger partial charge is 1.00 e. The first-order valence-corrected chi connectivity index (χ1v) is 7.28. The molecule has 1 saturated carbocycles. The summed E-state index contributed by atoms with van der Waals surface area (Å²) in [7, 11) is 8.77. The number of halogens is 1. The van der Waals surface area contributed by atoms with Crippen molar-refractivity contribution in [1.29, 1.82) is 0 Å². The van der Waals surface area contributed by atoms with Crippen LogP contribution in [0.15, 0.2) is 4.99 Å². The first kappa shape index (κ1) is 17.1. The normalized spacial score (nSPS) is 26.3. The summed E-state index contributed by atoms with van der Waals surface area (Å²) in [6, 6.07) is 1.46. The molecule has 17 heavy (non-hydrogen) atoms. The van der Waals surface area contributed by atoms with Crippen LogP contribution in [-0.2, 0) is 0 Å². The first-order valence-electron chi connectivity index (χ1n) is 6.05. The molecule has 0 radical (unpaired) electrons. The molecule has 0 aromatic carbocycles. The zero-order chi connectivity index (χ0) is 12.2. The molecule has 0 amide bonds. The van der Waals surface area contributed by atoms with Crippen molar-refractivity contribution in [3.8, 4) is 0 Å². The zero-order valence-corrected chi connectivity index (χ0v) is 13.2. The zero-order valence-electron chi connectivity index (χ0n) is 11.7. The van der Waals surface area contributed by atoms with E-state index in [1.807, 2.05) is 7.05 Å². The number of hydrogen-bond acceptors (Lipinski definition) is 2. The van der Waals surface area contributed by atoms with E-state index in [9.17, 15) is 0 Å². The van der Waals surface area contributed by atoms with Gasteiger partial charge in [-0.25, -0.2) is 0 Å². The molecule has 0 unspecified atom stereocenters. The third-order valence-corrected chi connectivity index (χ3v) is 4.20. The van der Waals surface area contributed by atoms with E-state index in [4.69, 9.17) is 0 Å². The molecule has 1 rings (SSSR count). The maximum absolute atomic E-state index is 4.23. The molecule has 0 aromatic heterocycles. The Morgan fingerprint density at radius 1 is 1.18 bits per heavy atom. The molecule has 0 bridgehead atoms. The Morgan fingerprint density at radius 2 is 1.71 bits per heavy atom. The summed E-state index contributed by atoms with van der Waals surface area (Å²) in [4.78, 5) is 4.23. The maximum atomic E-state index is 4.23. The summed E-state index contributed by atoms with van der Waals surface area (Å²) in [6.07, 6.45) is 7.28. The number of nitrogens with one attached hydrogen (secondary N) is 1. The van der Waals surface area contributed by atoms with Crippen molar-refractivity contribution in [2.24, 2.45) is 4.99 Å². The maximum Gasteiger partial charge on any atom is 0.156 e. The predicted molar refractivity (Wildman–Crippen MR) is 74.1 cm³/mol. The van der Waals surface area contributed by atoms with E-state index in [1.54, 1.807) is 11.8 Å². The van der Waals surface area contributed by atoms with Crippen LogP contribution >= 0.6 is 11.8 Å². The van der Waals surface area contributed by atoms with E-state index >= 15 is 0 Å². The second-order valence-corrected chi connectivity index (χ2v) is 6.29. The minimum Gasteiger partial charge on any atom is -1.00 e. The molecule has 0 heterocycles. The molecule has 1 N–H and O–H groups in total. The van der Waals surface area contributed by atoms with Crippen LogP contribution < -0.4 is 17.7 Å². The minimum absolute atomic E-state index is 0. The highest BCUT2D eigenvalue weighted by Crippen LogP contribution is 2.25. The van der Waals surface area contributed by atoms with Gasteiger partial charge in [-0.15, -0.1) is 0 Å². The predicted octanol–water partition coefficient (Wildman–Crippen LogP) is -1.05. The van der Waals surface area contributed by atoms with Gasteiger partial charge in [0.1, 0.15) is 0 Å². The number of hydrogen-bond donors (Lipinski definition) is 1. The molecule has 0 aromatic rings. The van der Waals surface area contributed by atoms with Gasteiger partial charge in [0, 0.05) is 25.9 Å². The van der Waals surface area contributed by atoms with Gasteiger partial charge in [0.25, 0.3) is 0 Å². The second-order valence-electron chi connectivity index (χ2n) is 5.50. The molecule has 1 fully saturated rings. The van der Waals surface area contributed by atoms with Crippen LogP contribution in [-0.4, -0.2) is 56.2 Å². The third kappa shape index (κ3) is 5.49. The average Bonchev–Trinajstić information content (AvgIpc) is 2.25. The van der Waals surface area contributed by atoms with Crippen LogP contribution in [0.1, 0.15) is 25.7 Å². The molecule has 1 aliphatic rings.